The van der Waals surface area contributed by atoms with Gasteiger partial charge in [-0.1, -0.05) is 30.8 Å². The van der Waals surface area contributed by atoms with Gasteiger partial charge >= 0.3 is 0 Å². The van der Waals surface area contributed by atoms with Crippen LogP contribution in [0.15, 0.2) is 29.2 Å². The van der Waals surface area contributed by atoms with Crippen molar-refractivity contribution in [3.8, 4) is 0 Å². The Morgan fingerprint density at radius 1 is 1.33 bits per heavy atom. The summed E-state index contributed by atoms with van der Waals surface area (Å²) in [7, 11) is -1.75. The second-order valence-corrected chi connectivity index (χ2v) is 6.93. The highest BCUT2D eigenvalue weighted by Crippen LogP contribution is 2.28. The smallest absolute Gasteiger partial charge is 0.243 e. The van der Waals surface area contributed by atoms with Gasteiger partial charge in [0.15, 0.2) is 0 Å². The third kappa shape index (κ3) is 2.41. The van der Waals surface area contributed by atoms with Crippen LogP contribution in [0.5, 0.6) is 0 Å². The van der Waals surface area contributed by atoms with E-state index in [0.29, 0.717) is 5.56 Å². The largest absolute Gasteiger partial charge is 0.389 e. The summed E-state index contributed by atoms with van der Waals surface area (Å²) in [5, 5.41) is 0. The third-order valence-corrected chi connectivity index (χ3v) is 5.56. The number of thiocarbonyl (C=S) groups is 1. The van der Waals surface area contributed by atoms with Crippen molar-refractivity contribution in [2.75, 3.05) is 7.05 Å². The normalized spacial score (nSPS) is 16.6. The molecule has 0 atom stereocenters. The van der Waals surface area contributed by atoms with Gasteiger partial charge in [0.25, 0.3) is 0 Å². The van der Waals surface area contributed by atoms with Crippen LogP contribution in [0.2, 0.25) is 0 Å². The number of hydrogen-bond acceptors (Lipinski definition) is 3. The maximum absolute atomic E-state index is 12.3. The number of benzene rings is 1. The van der Waals surface area contributed by atoms with E-state index in [0.717, 1.165) is 19.3 Å². The highest BCUT2D eigenvalue weighted by molar-refractivity contribution is 7.89. The van der Waals surface area contributed by atoms with Crippen molar-refractivity contribution in [3.05, 3.63) is 29.8 Å². The Balaban J connectivity index is 2.26. The topological polar surface area (TPSA) is 63.4 Å². The zero-order chi connectivity index (χ0) is 13.3. The van der Waals surface area contributed by atoms with Crippen LogP contribution < -0.4 is 5.73 Å². The average Bonchev–Trinajstić information content (AvgIpc) is 2.26. The quantitative estimate of drug-likeness (QED) is 0.851. The zero-order valence-corrected chi connectivity index (χ0v) is 11.8. The molecule has 2 N–H and O–H groups in total. The summed E-state index contributed by atoms with van der Waals surface area (Å²) in [5.74, 6) is 0. The molecule has 0 saturated heterocycles. The molecule has 6 heteroatoms. The van der Waals surface area contributed by atoms with Gasteiger partial charge in [-0.05, 0) is 25.0 Å². The molecular formula is C12H16N2O2S2. The van der Waals surface area contributed by atoms with E-state index in [1.54, 1.807) is 31.3 Å². The molecule has 0 amide bonds. The second-order valence-electron chi connectivity index (χ2n) is 4.49. The van der Waals surface area contributed by atoms with E-state index < -0.39 is 10.0 Å². The van der Waals surface area contributed by atoms with Crippen LogP contribution in [-0.4, -0.2) is 30.8 Å². The molecule has 4 nitrogen and oxygen atoms in total. The summed E-state index contributed by atoms with van der Waals surface area (Å²) in [6.45, 7) is 0. The first-order valence-electron chi connectivity index (χ1n) is 5.81. The van der Waals surface area contributed by atoms with Gasteiger partial charge in [-0.2, -0.15) is 4.31 Å². The first-order chi connectivity index (χ1) is 8.43. The standard InChI is InChI=1S/C12H16N2O2S2/c1-14(10-3-2-4-10)18(15,16)11-7-5-9(6-8-11)12(13)17/h5-8,10H,2-4H2,1H3,(H2,13,17). The van der Waals surface area contributed by atoms with Crippen LogP contribution in [0, 0.1) is 0 Å². The predicted octanol–water partition coefficient (Wildman–Crippen LogP) is 1.49. The number of nitrogens with zero attached hydrogens (tertiary/aromatic N) is 1. The first-order valence-corrected chi connectivity index (χ1v) is 7.65. The van der Waals surface area contributed by atoms with Crippen molar-refractivity contribution in [2.24, 2.45) is 5.73 Å². The summed E-state index contributed by atoms with van der Waals surface area (Å²) in [6.07, 6.45) is 2.99. The minimum absolute atomic E-state index is 0.144. The van der Waals surface area contributed by atoms with Gasteiger partial charge in [0.05, 0.1) is 4.90 Å². The summed E-state index contributed by atoms with van der Waals surface area (Å²) >= 11 is 4.84. The minimum atomic E-state index is -3.39. The van der Waals surface area contributed by atoms with Crippen LogP contribution in [0.3, 0.4) is 0 Å². The molecule has 0 aliphatic heterocycles. The van der Waals surface area contributed by atoms with Gasteiger partial charge in [-0.3, -0.25) is 0 Å². The van der Waals surface area contributed by atoms with E-state index in [-0.39, 0.29) is 15.9 Å². The van der Waals surface area contributed by atoms with E-state index in [2.05, 4.69) is 0 Å². The minimum Gasteiger partial charge on any atom is -0.389 e. The first kappa shape index (κ1) is 13.5. The number of hydrogen-bond donors (Lipinski definition) is 1. The molecule has 98 valence electrons. The van der Waals surface area contributed by atoms with Crippen LogP contribution in [0.4, 0.5) is 0 Å². The molecule has 18 heavy (non-hydrogen) atoms. The summed E-state index contributed by atoms with van der Waals surface area (Å²) in [6, 6.07) is 6.54. The summed E-state index contributed by atoms with van der Waals surface area (Å²) in [4.78, 5) is 0.559. The Bertz CT molecular complexity index is 548. The lowest BCUT2D eigenvalue weighted by molar-refractivity contribution is 0.249. The molecule has 2 rings (SSSR count). The fourth-order valence-electron chi connectivity index (χ4n) is 1.90. The van der Waals surface area contributed by atoms with Crippen molar-refractivity contribution in [2.45, 2.75) is 30.2 Å². The second kappa shape index (κ2) is 4.95. The van der Waals surface area contributed by atoms with E-state index in [4.69, 9.17) is 18.0 Å². The van der Waals surface area contributed by atoms with Crippen molar-refractivity contribution in [3.63, 3.8) is 0 Å². The van der Waals surface area contributed by atoms with Gasteiger partial charge in [0.1, 0.15) is 4.99 Å². The van der Waals surface area contributed by atoms with Crippen LogP contribution in [0.1, 0.15) is 24.8 Å². The van der Waals surface area contributed by atoms with E-state index >= 15 is 0 Å². The fraction of sp³-hybridized carbons (Fsp3) is 0.417. The van der Waals surface area contributed by atoms with Gasteiger partial charge < -0.3 is 5.73 Å². The van der Waals surface area contributed by atoms with Crippen LogP contribution >= 0.6 is 12.2 Å². The van der Waals surface area contributed by atoms with Gasteiger partial charge in [0, 0.05) is 18.7 Å². The Kier molecular flexibility index (Phi) is 3.70. The third-order valence-electron chi connectivity index (χ3n) is 3.40. The Labute approximate surface area is 113 Å². The van der Waals surface area contributed by atoms with Gasteiger partial charge in [-0.15, -0.1) is 0 Å². The van der Waals surface area contributed by atoms with Gasteiger partial charge in [0.2, 0.25) is 10.0 Å². The molecule has 0 spiro atoms. The zero-order valence-electron chi connectivity index (χ0n) is 10.2. The molecule has 1 aliphatic carbocycles. The van der Waals surface area contributed by atoms with Crippen molar-refractivity contribution >= 4 is 27.2 Å². The highest BCUT2D eigenvalue weighted by Gasteiger charge is 2.31. The molecule has 0 heterocycles. The monoisotopic (exact) mass is 284 g/mol. The lowest BCUT2D eigenvalue weighted by atomic mass is 9.94. The Hall–Kier alpha value is -0.980. The molecule has 1 saturated carbocycles. The Morgan fingerprint density at radius 2 is 1.89 bits per heavy atom. The molecule has 0 bridgehead atoms. The summed E-state index contributed by atoms with van der Waals surface area (Å²) < 4.78 is 26.1. The maximum atomic E-state index is 12.3. The molecule has 0 aromatic heterocycles. The number of sulfonamides is 1. The SMILES string of the molecule is CN(C1CCC1)S(=O)(=O)c1ccc(C(N)=S)cc1. The molecule has 1 aromatic rings. The fourth-order valence-corrected chi connectivity index (χ4v) is 3.46. The maximum Gasteiger partial charge on any atom is 0.243 e. The number of rotatable bonds is 4. The van der Waals surface area contributed by atoms with Crippen molar-refractivity contribution in [1.29, 1.82) is 0 Å². The highest BCUT2D eigenvalue weighted by atomic mass is 32.2. The number of nitrogens with two attached hydrogens (primary N) is 1. The predicted molar refractivity (Wildman–Crippen MR) is 74.9 cm³/mol. The molecular weight excluding hydrogens is 268 g/mol. The summed E-state index contributed by atoms with van der Waals surface area (Å²) in [5.41, 5.74) is 6.16. The van der Waals surface area contributed by atoms with Crippen LogP contribution in [-0.2, 0) is 10.0 Å². The molecule has 0 unspecified atom stereocenters. The van der Waals surface area contributed by atoms with Crippen molar-refractivity contribution in [1.82, 2.24) is 4.31 Å². The van der Waals surface area contributed by atoms with E-state index in [1.165, 1.54) is 4.31 Å². The van der Waals surface area contributed by atoms with Gasteiger partial charge in [-0.25, -0.2) is 8.42 Å². The van der Waals surface area contributed by atoms with Crippen LogP contribution in [0.25, 0.3) is 0 Å². The van der Waals surface area contributed by atoms with E-state index in [9.17, 15) is 8.42 Å². The molecule has 0 radical (unpaired) electrons. The molecule has 1 aliphatic rings. The lowest BCUT2D eigenvalue weighted by Gasteiger charge is -2.33. The van der Waals surface area contributed by atoms with E-state index in [1.807, 2.05) is 0 Å². The Morgan fingerprint density at radius 3 is 2.28 bits per heavy atom. The molecule has 1 aromatic carbocycles. The molecule has 1 fully saturated rings. The lowest BCUT2D eigenvalue weighted by Crippen LogP contribution is -2.41. The average molecular weight is 284 g/mol. The van der Waals surface area contributed by atoms with Crippen molar-refractivity contribution < 1.29 is 8.42 Å².